The Morgan fingerprint density at radius 2 is 0.700 bits per heavy atom. The molecule has 19 nitrogen and oxygen atoms in total. The van der Waals surface area contributed by atoms with E-state index >= 15 is 0 Å². The number of carbonyl (C=O) groups excluding carboxylic acids is 1. The van der Waals surface area contributed by atoms with Crippen molar-refractivity contribution >= 4 is 5.91 Å². The quantitative estimate of drug-likeness (QED) is 0.0199. The van der Waals surface area contributed by atoms with Gasteiger partial charge in [-0.15, -0.1) is 0 Å². The highest BCUT2D eigenvalue weighted by Gasteiger charge is 2.53. The van der Waals surface area contributed by atoms with Crippen molar-refractivity contribution in [1.29, 1.82) is 0 Å². The molecule has 0 aromatic heterocycles. The Kier molecular flexibility index (Phi) is 49.3. The summed E-state index contributed by atoms with van der Waals surface area (Å²) in [4.78, 5) is 13.4. The zero-order valence-corrected chi connectivity index (χ0v) is 56.4. The lowest BCUT2D eigenvalue weighted by Gasteiger charge is -2.48. The molecule has 0 saturated carbocycles. The molecule has 532 valence electrons. The van der Waals surface area contributed by atoms with E-state index < -0.39 is 124 Å². The molecule has 17 unspecified atom stereocenters. The molecule has 12 N–H and O–H groups in total. The third-order valence-electron chi connectivity index (χ3n) is 18.8. The summed E-state index contributed by atoms with van der Waals surface area (Å²) in [5.74, 6) is -0.247. The summed E-state index contributed by atoms with van der Waals surface area (Å²) in [6, 6.07) is -0.889. The van der Waals surface area contributed by atoms with Gasteiger partial charge in [0.1, 0.15) is 73.2 Å². The predicted molar refractivity (Wildman–Crippen MR) is 351 cm³/mol. The molecule has 0 aromatic carbocycles. The van der Waals surface area contributed by atoms with Gasteiger partial charge < -0.3 is 89.9 Å². The molecule has 3 aliphatic rings. The number of nitrogens with one attached hydrogen (secondary N) is 1. The van der Waals surface area contributed by atoms with E-state index in [0.717, 1.165) is 64.2 Å². The van der Waals surface area contributed by atoms with Gasteiger partial charge in [-0.25, -0.2) is 0 Å². The van der Waals surface area contributed by atoms with Crippen molar-refractivity contribution in [3.05, 3.63) is 12.2 Å². The predicted octanol–water partition coefficient (Wildman–Crippen LogP) is 10.4. The van der Waals surface area contributed by atoms with Gasteiger partial charge in [0.05, 0.1) is 38.6 Å². The molecule has 3 heterocycles. The van der Waals surface area contributed by atoms with Crippen LogP contribution in [-0.2, 0) is 33.2 Å². The van der Waals surface area contributed by atoms with Crippen molar-refractivity contribution in [3.63, 3.8) is 0 Å². The molecule has 0 bridgehead atoms. The third-order valence-corrected chi connectivity index (χ3v) is 18.8. The van der Waals surface area contributed by atoms with E-state index in [1.165, 1.54) is 205 Å². The van der Waals surface area contributed by atoms with Crippen LogP contribution in [0.25, 0.3) is 0 Å². The number of unbranched alkanes of at least 4 members (excludes halogenated alkanes) is 40. The second kappa shape index (κ2) is 53.6. The molecule has 19 heteroatoms. The average molecular weight is 1290 g/mol. The average Bonchev–Trinajstić information content (AvgIpc) is 1.16. The first-order valence-corrected chi connectivity index (χ1v) is 36.9. The van der Waals surface area contributed by atoms with Gasteiger partial charge in [0, 0.05) is 6.42 Å². The number of hydrogen-bond donors (Lipinski definition) is 12. The molecule has 3 rings (SSSR count). The van der Waals surface area contributed by atoms with E-state index in [1.807, 2.05) is 0 Å². The van der Waals surface area contributed by atoms with Crippen molar-refractivity contribution in [2.24, 2.45) is 0 Å². The van der Waals surface area contributed by atoms with Gasteiger partial charge >= 0.3 is 0 Å². The number of amides is 1. The van der Waals surface area contributed by atoms with E-state index in [-0.39, 0.29) is 18.9 Å². The fourth-order valence-corrected chi connectivity index (χ4v) is 12.8. The van der Waals surface area contributed by atoms with Crippen LogP contribution in [0.3, 0.4) is 0 Å². The van der Waals surface area contributed by atoms with Crippen LogP contribution in [0.4, 0.5) is 0 Å². The van der Waals surface area contributed by atoms with E-state index in [0.29, 0.717) is 12.8 Å². The minimum Gasteiger partial charge on any atom is -0.394 e. The highest BCUT2D eigenvalue weighted by atomic mass is 16.8. The van der Waals surface area contributed by atoms with Gasteiger partial charge in [0.25, 0.3) is 0 Å². The topological polar surface area (TPSA) is 307 Å². The van der Waals surface area contributed by atoms with Crippen LogP contribution in [0, 0.1) is 0 Å². The Morgan fingerprint density at radius 3 is 1.08 bits per heavy atom. The second-order valence-electron chi connectivity index (χ2n) is 26.8. The molecule has 0 radical (unpaired) electrons. The number of rotatable bonds is 58. The van der Waals surface area contributed by atoms with Crippen LogP contribution in [-0.4, -0.2) is 193 Å². The Morgan fingerprint density at radius 1 is 0.389 bits per heavy atom. The molecule has 3 aliphatic heterocycles. The molecular formula is C71H135NO18. The van der Waals surface area contributed by atoms with Gasteiger partial charge in [-0.1, -0.05) is 270 Å². The Hall–Kier alpha value is -1.47. The highest BCUT2D eigenvalue weighted by molar-refractivity contribution is 5.76. The maximum atomic E-state index is 13.4. The lowest BCUT2D eigenvalue weighted by molar-refractivity contribution is -0.379. The van der Waals surface area contributed by atoms with Gasteiger partial charge in [0.2, 0.25) is 5.91 Å². The van der Waals surface area contributed by atoms with Crippen molar-refractivity contribution < 1.29 is 89.4 Å². The van der Waals surface area contributed by atoms with Crippen LogP contribution in [0.1, 0.15) is 303 Å². The molecule has 3 saturated heterocycles. The number of allylic oxidation sites excluding steroid dienone is 2. The summed E-state index contributed by atoms with van der Waals surface area (Å²) >= 11 is 0. The molecule has 0 spiro atoms. The maximum absolute atomic E-state index is 13.4. The van der Waals surface area contributed by atoms with Crippen molar-refractivity contribution in [2.45, 2.75) is 407 Å². The number of ether oxygens (including phenoxy) is 6. The smallest absolute Gasteiger partial charge is 0.220 e. The van der Waals surface area contributed by atoms with Crippen LogP contribution in [0.2, 0.25) is 0 Å². The minimum atomic E-state index is -1.97. The second-order valence-corrected chi connectivity index (χ2v) is 26.8. The van der Waals surface area contributed by atoms with Gasteiger partial charge in [0.15, 0.2) is 18.9 Å². The van der Waals surface area contributed by atoms with E-state index in [2.05, 4.69) is 31.3 Å². The van der Waals surface area contributed by atoms with Gasteiger partial charge in [-0.2, -0.15) is 0 Å². The first-order valence-electron chi connectivity index (χ1n) is 36.9. The Labute approximate surface area is 544 Å². The highest BCUT2D eigenvalue weighted by Crippen LogP contribution is 2.33. The standard InChI is InChI=1S/C71H135NO18/c1-3-5-7-9-11-13-15-17-19-21-22-23-24-25-26-27-28-29-30-31-32-33-34-36-38-40-42-44-46-48-55(76)54(72-59(77)49-47-45-43-41-39-37-35-20-18-16-14-12-10-8-6-4-2)53-85-69-65(83)62(80)67(57(51-74)87-69)90-71-66(84)63(81)68(58(52-75)88-71)89-70-64(82)61(79)60(78)56(50-73)86-70/h20,35,54-58,60-71,73-76,78-84H,3-19,21-34,36-53H2,1-2H3,(H,72,77)/b35-20-. The largest absolute Gasteiger partial charge is 0.394 e. The number of aliphatic hydroxyl groups excluding tert-OH is 11. The fourth-order valence-electron chi connectivity index (χ4n) is 12.8. The number of hydrogen-bond acceptors (Lipinski definition) is 18. The summed E-state index contributed by atoms with van der Waals surface area (Å²) in [5.41, 5.74) is 0. The van der Waals surface area contributed by atoms with Crippen LogP contribution in [0.5, 0.6) is 0 Å². The number of aliphatic hydroxyl groups is 11. The lowest BCUT2D eigenvalue weighted by atomic mass is 9.96. The van der Waals surface area contributed by atoms with Crippen LogP contribution in [0.15, 0.2) is 12.2 Å². The summed E-state index contributed by atoms with van der Waals surface area (Å²) < 4.78 is 34.4. The monoisotopic (exact) mass is 1290 g/mol. The molecule has 0 aromatic rings. The lowest BCUT2D eigenvalue weighted by Crippen LogP contribution is -2.66. The molecule has 90 heavy (non-hydrogen) atoms. The van der Waals surface area contributed by atoms with E-state index in [1.54, 1.807) is 0 Å². The van der Waals surface area contributed by atoms with Gasteiger partial charge in [-0.3, -0.25) is 4.79 Å². The summed E-state index contributed by atoms with van der Waals surface area (Å²) in [5, 5.41) is 121. The molecule has 17 atom stereocenters. The molecule has 0 aliphatic carbocycles. The maximum Gasteiger partial charge on any atom is 0.220 e. The molecule has 3 fully saturated rings. The van der Waals surface area contributed by atoms with Crippen LogP contribution >= 0.6 is 0 Å². The Balaban J connectivity index is 1.38. The fraction of sp³-hybridized carbons (Fsp3) is 0.958. The van der Waals surface area contributed by atoms with E-state index in [9.17, 15) is 61.0 Å². The van der Waals surface area contributed by atoms with Crippen LogP contribution < -0.4 is 5.32 Å². The summed E-state index contributed by atoms with van der Waals surface area (Å²) in [6.45, 7) is 1.83. The minimum absolute atomic E-state index is 0.247. The van der Waals surface area contributed by atoms with Crippen molar-refractivity contribution in [1.82, 2.24) is 5.32 Å². The first-order chi connectivity index (χ1) is 43.8. The summed E-state index contributed by atoms with van der Waals surface area (Å²) in [6.07, 6.45) is 33.0. The van der Waals surface area contributed by atoms with Crippen molar-refractivity contribution in [3.8, 4) is 0 Å². The zero-order chi connectivity index (χ0) is 65.4. The van der Waals surface area contributed by atoms with E-state index in [4.69, 9.17) is 28.4 Å². The zero-order valence-electron chi connectivity index (χ0n) is 56.4. The molecular weight excluding hydrogens is 1150 g/mol. The van der Waals surface area contributed by atoms with Gasteiger partial charge in [-0.05, 0) is 38.5 Å². The van der Waals surface area contributed by atoms with Crippen molar-refractivity contribution in [2.75, 3.05) is 26.4 Å². The Bertz CT molecular complexity index is 1680. The first kappa shape index (κ1) is 82.8. The normalized spacial score (nSPS) is 28.0. The summed E-state index contributed by atoms with van der Waals surface area (Å²) in [7, 11) is 0. The molecule has 1 amide bonds. The SMILES string of the molecule is CCCCCCCCC/C=C\CCCCCCCC(=O)NC(COC1OC(CO)C(OC2OC(CO)C(OC3OC(CO)C(O)C(O)C3O)C(O)C2O)C(O)C1O)C(O)CCCCCCCCCCCCCCCCCCCCCCCCCCCCCCC. The number of carbonyl (C=O) groups is 1. The third kappa shape index (κ3) is 35.0.